The van der Waals surface area contributed by atoms with Crippen LogP contribution in [0.15, 0.2) is 18.5 Å². The summed E-state index contributed by atoms with van der Waals surface area (Å²) in [6, 6.07) is 1.91. The average molecular weight is 278 g/mol. The first kappa shape index (κ1) is 14.9. The summed E-state index contributed by atoms with van der Waals surface area (Å²) in [6.07, 6.45) is 4.74. The largest absolute Gasteiger partial charge is 0.390 e. The number of rotatable bonds is 4. The smallest absolute Gasteiger partial charge is 0.223 e. The predicted molar refractivity (Wildman–Crippen MR) is 75.0 cm³/mol. The van der Waals surface area contributed by atoms with Gasteiger partial charge in [0.25, 0.3) is 0 Å². The van der Waals surface area contributed by atoms with Gasteiger partial charge < -0.3 is 15.2 Å². The number of nitrogens with one attached hydrogen (secondary N) is 1. The van der Waals surface area contributed by atoms with Crippen molar-refractivity contribution in [3.05, 3.63) is 29.6 Å². The Labute approximate surface area is 119 Å². The van der Waals surface area contributed by atoms with Gasteiger partial charge in [-0.15, -0.1) is 0 Å². The topological polar surface area (TPSA) is 71.5 Å². The van der Waals surface area contributed by atoms with Crippen LogP contribution in [0.1, 0.15) is 30.4 Å². The van der Waals surface area contributed by atoms with Gasteiger partial charge in [-0.1, -0.05) is 0 Å². The van der Waals surface area contributed by atoms with Crippen molar-refractivity contribution in [2.75, 3.05) is 7.11 Å². The standard InChI is InChI=1S/C15H22N2O3/c1-10-8-16-6-5-12(10)9-17-15(19)11-3-4-13(18)14(7-11)20-2/h5-6,8,11,13-14,18H,3-4,7,9H2,1-2H3,(H,17,19)/t11-,13+,14-/m1/s1. The molecule has 0 aromatic carbocycles. The summed E-state index contributed by atoms with van der Waals surface area (Å²) in [5.74, 6) is -0.0411. The lowest BCUT2D eigenvalue weighted by Gasteiger charge is -2.31. The maximum absolute atomic E-state index is 12.2. The van der Waals surface area contributed by atoms with Gasteiger partial charge in [-0.2, -0.15) is 0 Å². The number of amides is 1. The minimum absolute atomic E-state index is 0.0372. The number of aliphatic hydroxyl groups is 1. The van der Waals surface area contributed by atoms with Gasteiger partial charge in [0.2, 0.25) is 5.91 Å². The van der Waals surface area contributed by atoms with Crippen molar-refractivity contribution >= 4 is 5.91 Å². The van der Waals surface area contributed by atoms with E-state index in [0.717, 1.165) is 11.1 Å². The molecule has 5 heteroatoms. The number of aliphatic hydroxyl groups excluding tert-OH is 1. The van der Waals surface area contributed by atoms with E-state index in [0.29, 0.717) is 25.8 Å². The molecule has 20 heavy (non-hydrogen) atoms. The molecule has 0 radical (unpaired) electrons. The van der Waals surface area contributed by atoms with Crippen molar-refractivity contribution in [1.82, 2.24) is 10.3 Å². The zero-order chi connectivity index (χ0) is 14.5. The first-order valence-electron chi connectivity index (χ1n) is 7.00. The third-order valence-electron chi connectivity index (χ3n) is 4.02. The Kier molecular flexibility index (Phi) is 5.09. The highest BCUT2D eigenvalue weighted by atomic mass is 16.5. The van der Waals surface area contributed by atoms with Gasteiger partial charge in [0.15, 0.2) is 0 Å². The molecule has 0 bridgehead atoms. The van der Waals surface area contributed by atoms with Gasteiger partial charge in [0.1, 0.15) is 0 Å². The molecular formula is C15H22N2O3. The second kappa shape index (κ2) is 6.81. The van der Waals surface area contributed by atoms with E-state index in [1.807, 2.05) is 13.0 Å². The monoisotopic (exact) mass is 278 g/mol. The van der Waals surface area contributed by atoms with Gasteiger partial charge in [-0.25, -0.2) is 0 Å². The summed E-state index contributed by atoms with van der Waals surface area (Å²) in [5, 5.41) is 12.7. The van der Waals surface area contributed by atoms with Crippen LogP contribution in [0.2, 0.25) is 0 Å². The molecule has 1 fully saturated rings. The molecule has 1 saturated carbocycles. The lowest BCUT2D eigenvalue weighted by atomic mass is 9.84. The summed E-state index contributed by atoms with van der Waals surface area (Å²) in [4.78, 5) is 16.2. The summed E-state index contributed by atoms with van der Waals surface area (Å²) >= 11 is 0. The van der Waals surface area contributed by atoms with E-state index in [2.05, 4.69) is 10.3 Å². The number of hydrogen-bond acceptors (Lipinski definition) is 4. The van der Waals surface area contributed by atoms with Crippen LogP contribution in [-0.2, 0) is 16.1 Å². The van der Waals surface area contributed by atoms with Crippen LogP contribution in [0, 0.1) is 12.8 Å². The zero-order valence-corrected chi connectivity index (χ0v) is 12.0. The molecule has 1 amide bonds. The summed E-state index contributed by atoms with van der Waals surface area (Å²) < 4.78 is 5.23. The van der Waals surface area contributed by atoms with Gasteiger partial charge in [-0.3, -0.25) is 9.78 Å². The van der Waals surface area contributed by atoms with E-state index < -0.39 is 6.10 Å². The van der Waals surface area contributed by atoms with Crippen LogP contribution in [0.3, 0.4) is 0 Å². The Hall–Kier alpha value is -1.46. The second-order valence-electron chi connectivity index (χ2n) is 5.37. The molecule has 1 aliphatic carbocycles. The Morgan fingerprint density at radius 1 is 1.55 bits per heavy atom. The van der Waals surface area contributed by atoms with Gasteiger partial charge in [-0.05, 0) is 43.4 Å². The van der Waals surface area contributed by atoms with Gasteiger partial charge >= 0.3 is 0 Å². The highest BCUT2D eigenvalue weighted by Crippen LogP contribution is 2.26. The molecule has 3 atom stereocenters. The number of ether oxygens (including phenoxy) is 1. The predicted octanol–water partition coefficient (Wildman–Crippen LogP) is 1.18. The van der Waals surface area contributed by atoms with E-state index in [4.69, 9.17) is 4.74 Å². The van der Waals surface area contributed by atoms with Crippen molar-refractivity contribution in [3.8, 4) is 0 Å². The summed E-state index contributed by atoms with van der Waals surface area (Å²) in [5.41, 5.74) is 2.15. The van der Waals surface area contributed by atoms with Crippen molar-refractivity contribution < 1.29 is 14.6 Å². The van der Waals surface area contributed by atoms with E-state index in [-0.39, 0.29) is 17.9 Å². The molecule has 0 saturated heterocycles. The number of hydrogen-bond donors (Lipinski definition) is 2. The molecule has 1 aromatic rings. The van der Waals surface area contributed by atoms with Crippen LogP contribution < -0.4 is 5.32 Å². The molecule has 0 spiro atoms. The fourth-order valence-corrected chi connectivity index (χ4v) is 2.63. The SMILES string of the molecule is CO[C@@H]1C[C@H](C(=O)NCc2ccncc2C)CC[C@@H]1O. The highest BCUT2D eigenvalue weighted by molar-refractivity contribution is 5.78. The second-order valence-corrected chi connectivity index (χ2v) is 5.37. The normalized spacial score (nSPS) is 26.2. The first-order valence-corrected chi connectivity index (χ1v) is 7.00. The maximum atomic E-state index is 12.2. The fraction of sp³-hybridized carbons (Fsp3) is 0.600. The Morgan fingerprint density at radius 3 is 3.05 bits per heavy atom. The molecule has 2 N–H and O–H groups in total. The third kappa shape index (κ3) is 3.55. The Balaban J connectivity index is 1.88. The van der Waals surface area contributed by atoms with Crippen molar-refractivity contribution in [2.24, 2.45) is 5.92 Å². The first-order chi connectivity index (χ1) is 9.61. The fourth-order valence-electron chi connectivity index (χ4n) is 2.63. The number of carbonyl (C=O) groups is 1. The highest BCUT2D eigenvalue weighted by Gasteiger charge is 2.32. The maximum Gasteiger partial charge on any atom is 0.223 e. The molecule has 1 aliphatic rings. The van der Waals surface area contributed by atoms with Crippen LogP contribution >= 0.6 is 0 Å². The Bertz CT molecular complexity index is 464. The molecule has 1 aromatic heterocycles. The lowest BCUT2D eigenvalue weighted by molar-refractivity contribution is -0.130. The lowest BCUT2D eigenvalue weighted by Crippen LogP contribution is -2.41. The van der Waals surface area contributed by atoms with E-state index in [1.165, 1.54) is 0 Å². The quantitative estimate of drug-likeness (QED) is 0.867. The van der Waals surface area contributed by atoms with Crippen molar-refractivity contribution in [3.63, 3.8) is 0 Å². The molecule has 0 aliphatic heterocycles. The van der Waals surface area contributed by atoms with E-state index >= 15 is 0 Å². The van der Waals surface area contributed by atoms with Crippen molar-refractivity contribution in [1.29, 1.82) is 0 Å². The van der Waals surface area contributed by atoms with Gasteiger partial charge in [0, 0.05) is 32.0 Å². The van der Waals surface area contributed by atoms with Crippen LogP contribution in [0.25, 0.3) is 0 Å². The average Bonchev–Trinajstić information content (AvgIpc) is 2.46. The number of aromatic nitrogens is 1. The summed E-state index contributed by atoms with van der Waals surface area (Å²) in [6.45, 7) is 2.50. The number of nitrogens with zero attached hydrogens (tertiary/aromatic N) is 1. The molecule has 110 valence electrons. The van der Waals surface area contributed by atoms with Gasteiger partial charge in [0.05, 0.1) is 12.2 Å². The third-order valence-corrected chi connectivity index (χ3v) is 4.02. The molecule has 1 heterocycles. The van der Waals surface area contributed by atoms with Crippen LogP contribution in [-0.4, -0.2) is 35.3 Å². The van der Waals surface area contributed by atoms with Crippen LogP contribution in [0.4, 0.5) is 0 Å². The minimum Gasteiger partial charge on any atom is -0.390 e. The number of aryl methyl sites for hydroxylation is 1. The zero-order valence-electron chi connectivity index (χ0n) is 12.0. The molecule has 5 nitrogen and oxygen atoms in total. The van der Waals surface area contributed by atoms with E-state index in [9.17, 15) is 9.90 Å². The molecule has 0 unspecified atom stereocenters. The molecular weight excluding hydrogens is 256 g/mol. The number of carbonyl (C=O) groups excluding carboxylic acids is 1. The number of pyridine rings is 1. The Morgan fingerprint density at radius 2 is 2.35 bits per heavy atom. The van der Waals surface area contributed by atoms with Crippen LogP contribution in [0.5, 0.6) is 0 Å². The van der Waals surface area contributed by atoms with E-state index in [1.54, 1.807) is 19.5 Å². The number of methoxy groups -OCH3 is 1. The van der Waals surface area contributed by atoms with Crippen molar-refractivity contribution in [2.45, 2.75) is 44.9 Å². The molecule has 2 rings (SSSR count). The minimum atomic E-state index is -0.452. The summed E-state index contributed by atoms with van der Waals surface area (Å²) in [7, 11) is 1.58.